The molecule has 1 heterocycles. The Bertz CT molecular complexity index is 1340. The van der Waals surface area contributed by atoms with E-state index in [0.29, 0.717) is 31.7 Å². The predicted molar refractivity (Wildman–Crippen MR) is 129 cm³/mol. The Labute approximate surface area is 203 Å². The molecule has 0 atom stereocenters. The summed E-state index contributed by atoms with van der Waals surface area (Å²) in [4.78, 5) is 39.3. The maximum Gasteiger partial charge on any atom is 0.335 e. The minimum Gasteiger partial charge on any atom is -0.273 e. The summed E-state index contributed by atoms with van der Waals surface area (Å²) in [6.07, 6.45) is 1.67. The number of benzene rings is 3. The number of imide groups is 2. The first kappa shape index (κ1) is 22.9. The average Bonchev–Trinajstić information content (AvgIpc) is 2.76. The number of nitrogens with zero attached hydrogens (tertiary/aromatic N) is 1. The second-order valence-corrected chi connectivity index (χ2v) is 8.85. The maximum atomic E-state index is 14.2. The molecule has 0 radical (unpaired) electrons. The number of amides is 4. The van der Waals surface area contributed by atoms with E-state index in [2.05, 4.69) is 21.2 Å². The number of halogens is 3. The second-order valence-electron chi connectivity index (χ2n) is 7.50. The zero-order chi connectivity index (χ0) is 23.7. The standard InChI is InChI=1S/C25H17BrClFN2O3/c1-14-6-9-19(27)13-22(14)30-24(32)20(23(31)29-25(30)33)12-17-11-18(26)8-7-15(17)10-16-4-2-3-5-21(16)28/h2-9,11-13H,10H2,1H3,(H,29,31,33)/b20-12+. The molecule has 1 fully saturated rings. The highest BCUT2D eigenvalue weighted by atomic mass is 79.9. The van der Waals surface area contributed by atoms with E-state index < -0.39 is 17.8 Å². The third kappa shape index (κ3) is 4.74. The fourth-order valence-corrected chi connectivity index (χ4v) is 4.11. The molecule has 3 aromatic rings. The van der Waals surface area contributed by atoms with Crippen molar-refractivity contribution in [2.45, 2.75) is 13.3 Å². The number of barbiturate groups is 1. The van der Waals surface area contributed by atoms with Crippen molar-refractivity contribution in [3.05, 3.63) is 104 Å². The number of urea groups is 1. The molecule has 0 unspecified atom stereocenters. The van der Waals surface area contributed by atoms with Gasteiger partial charge in [-0.05, 0) is 65.6 Å². The molecule has 4 amide bonds. The number of hydrogen-bond acceptors (Lipinski definition) is 3. The van der Waals surface area contributed by atoms with Crippen molar-refractivity contribution in [1.82, 2.24) is 5.32 Å². The monoisotopic (exact) mass is 526 g/mol. The molecule has 4 rings (SSSR count). The van der Waals surface area contributed by atoms with Gasteiger partial charge in [-0.15, -0.1) is 0 Å². The normalized spacial score (nSPS) is 15.2. The Morgan fingerprint density at radius 3 is 2.55 bits per heavy atom. The van der Waals surface area contributed by atoms with Crippen molar-refractivity contribution in [1.29, 1.82) is 0 Å². The van der Waals surface area contributed by atoms with Crippen LogP contribution in [0.4, 0.5) is 14.9 Å². The summed E-state index contributed by atoms with van der Waals surface area (Å²) in [5.41, 5.74) is 2.43. The molecule has 0 bridgehead atoms. The third-order valence-electron chi connectivity index (χ3n) is 5.26. The SMILES string of the molecule is Cc1ccc(Cl)cc1N1C(=O)NC(=O)/C(=C\c2cc(Br)ccc2Cc2ccccc2F)C1=O. The molecule has 3 aromatic carbocycles. The van der Waals surface area contributed by atoms with Crippen LogP contribution < -0.4 is 10.2 Å². The van der Waals surface area contributed by atoms with E-state index in [-0.39, 0.29) is 23.5 Å². The smallest absolute Gasteiger partial charge is 0.273 e. The van der Waals surface area contributed by atoms with Gasteiger partial charge in [0.1, 0.15) is 11.4 Å². The van der Waals surface area contributed by atoms with E-state index in [9.17, 15) is 18.8 Å². The van der Waals surface area contributed by atoms with Gasteiger partial charge in [0.15, 0.2) is 0 Å². The lowest BCUT2D eigenvalue weighted by Crippen LogP contribution is -2.54. The van der Waals surface area contributed by atoms with Crippen LogP contribution in [0, 0.1) is 12.7 Å². The Hall–Kier alpha value is -3.29. The minimum absolute atomic E-state index is 0.221. The van der Waals surface area contributed by atoms with Crippen LogP contribution >= 0.6 is 27.5 Å². The van der Waals surface area contributed by atoms with Gasteiger partial charge in [-0.1, -0.05) is 57.9 Å². The van der Waals surface area contributed by atoms with Crippen LogP contribution in [0.2, 0.25) is 5.02 Å². The second kappa shape index (κ2) is 9.29. The average molecular weight is 528 g/mol. The minimum atomic E-state index is -0.853. The molecule has 0 aliphatic carbocycles. The van der Waals surface area contributed by atoms with Crippen molar-refractivity contribution in [3.63, 3.8) is 0 Å². The van der Waals surface area contributed by atoms with Gasteiger partial charge in [-0.25, -0.2) is 14.1 Å². The number of nitrogens with one attached hydrogen (secondary N) is 1. The van der Waals surface area contributed by atoms with Crippen LogP contribution in [0.15, 0.2) is 70.7 Å². The molecule has 0 spiro atoms. The van der Waals surface area contributed by atoms with Crippen LogP contribution in [0.3, 0.4) is 0 Å². The predicted octanol–water partition coefficient (Wildman–Crippen LogP) is 5.81. The molecule has 1 saturated heterocycles. The lowest BCUT2D eigenvalue weighted by atomic mass is 9.97. The molecule has 1 aliphatic heterocycles. The zero-order valence-electron chi connectivity index (χ0n) is 17.4. The van der Waals surface area contributed by atoms with Crippen LogP contribution in [-0.2, 0) is 16.0 Å². The van der Waals surface area contributed by atoms with Crippen molar-refractivity contribution < 1.29 is 18.8 Å². The van der Waals surface area contributed by atoms with Crippen LogP contribution in [0.25, 0.3) is 6.08 Å². The summed E-state index contributed by atoms with van der Waals surface area (Å²) < 4.78 is 14.9. The number of hydrogen-bond donors (Lipinski definition) is 1. The van der Waals surface area contributed by atoms with Gasteiger partial charge in [0.05, 0.1) is 5.69 Å². The number of carbonyl (C=O) groups is 3. The highest BCUT2D eigenvalue weighted by Crippen LogP contribution is 2.29. The van der Waals surface area contributed by atoms with Crippen molar-refractivity contribution in [2.24, 2.45) is 0 Å². The van der Waals surface area contributed by atoms with Gasteiger partial charge in [0, 0.05) is 15.9 Å². The molecule has 1 N–H and O–H groups in total. The molecular formula is C25H17BrClFN2O3. The molecule has 1 aliphatic rings. The summed E-state index contributed by atoms with van der Waals surface area (Å²) in [6, 6.07) is 15.7. The first-order valence-electron chi connectivity index (χ1n) is 9.94. The molecule has 5 nitrogen and oxygen atoms in total. The molecule has 0 aromatic heterocycles. The molecule has 0 saturated carbocycles. The zero-order valence-corrected chi connectivity index (χ0v) is 19.7. The Morgan fingerprint density at radius 2 is 1.79 bits per heavy atom. The lowest BCUT2D eigenvalue weighted by molar-refractivity contribution is -0.122. The van der Waals surface area contributed by atoms with E-state index in [0.717, 1.165) is 4.90 Å². The van der Waals surface area contributed by atoms with Crippen LogP contribution in [0.1, 0.15) is 22.3 Å². The lowest BCUT2D eigenvalue weighted by Gasteiger charge is -2.27. The van der Waals surface area contributed by atoms with Crippen molar-refractivity contribution in [2.75, 3.05) is 4.90 Å². The fraction of sp³-hybridized carbons (Fsp3) is 0.0800. The first-order chi connectivity index (χ1) is 15.7. The quantitative estimate of drug-likeness (QED) is 0.344. The highest BCUT2D eigenvalue weighted by molar-refractivity contribution is 9.10. The summed E-state index contributed by atoms with van der Waals surface area (Å²) in [7, 11) is 0. The Balaban J connectivity index is 1.78. The largest absolute Gasteiger partial charge is 0.335 e. The van der Waals surface area contributed by atoms with Crippen molar-refractivity contribution >= 4 is 57.1 Å². The number of aryl methyl sites for hydroxylation is 1. The van der Waals surface area contributed by atoms with Crippen LogP contribution in [0.5, 0.6) is 0 Å². The Morgan fingerprint density at radius 1 is 1.03 bits per heavy atom. The van der Waals surface area contributed by atoms with Crippen LogP contribution in [-0.4, -0.2) is 17.8 Å². The molecule has 8 heteroatoms. The van der Waals surface area contributed by atoms with Gasteiger partial charge in [0.25, 0.3) is 11.8 Å². The van der Waals surface area contributed by atoms with Gasteiger partial charge in [-0.2, -0.15) is 0 Å². The van der Waals surface area contributed by atoms with E-state index in [1.165, 1.54) is 18.2 Å². The summed E-state index contributed by atoms with van der Waals surface area (Å²) >= 11 is 9.47. The Kier molecular flexibility index (Phi) is 6.44. The summed E-state index contributed by atoms with van der Waals surface area (Å²) in [5, 5.41) is 2.56. The van der Waals surface area contributed by atoms with E-state index in [1.54, 1.807) is 55.5 Å². The molecule has 166 valence electrons. The van der Waals surface area contributed by atoms with Gasteiger partial charge >= 0.3 is 6.03 Å². The molecule has 33 heavy (non-hydrogen) atoms. The van der Waals surface area contributed by atoms with Gasteiger partial charge in [-0.3, -0.25) is 14.9 Å². The number of anilines is 1. The van der Waals surface area contributed by atoms with Gasteiger partial charge < -0.3 is 0 Å². The number of carbonyl (C=O) groups excluding carboxylic acids is 3. The topological polar surface area (TPSA) is 66.5 Å². The first-order valence-corrected chi connectivity index (χ1v) is 11.1. The van der Waals surface area contributed by atoms with Gasteiger partial charge in [0.2, 0.25) is 0 Å². The third-order valence-corrected chi connectivity index (χ3v) is 5.99. The molecular weight excluding hydrogens is 511 g/mol. The maximum absolute atomic E-state index is 14.2. The summed E-state index contributed by atoms with van der Waals surface area (Å²) in [5.74, 6) is -1.93. The van der Waals surface area contributed by atoms with E-state index in [4.69, 9.17) is 11.6 Å². The number of rotatable bonds is 4. The van der Waals surface area contributed by atoms with E-state index >= 15 is 0 Å². The van der Waals surface area contributed by atoms with Crippen molar-refractivity contribution in [3.8, 4) is 0 Å². The van der Waals surface area contributed by atoms with E-state index in [1.807, 2.05) is 0 Å². The summed E-state index contributed by atoms with van der Waals surface area (Å²) in [6.45, 7) is 1.73. The fourth-order valence-electron chi connectivity index (χ4n) is 3.56. The highest BCUT2D eigenvalue weighted by Gasteiger charge is 2.37.